The Kier molecular flexibility index (Phi) is 40.0. The van der Waals surface area contributed by atoms with Gasteiger partial charge in [0.1, 0.15) is 6.42 Å². The van der Waals surface area contributed by atoms with Crippen LogP contribution in [0.1, 0.15) is 33.1 Å². The van der Waals surface area contributed by atoms with Gasteiger partial charge in [-0.15, -0.1) is 0 Å². The van der Waals surface area contributed by atoms with E-state index < -0.39 is 18.4 Å². The summed E-state index contributed by atoms with van der Waals surface area (Å²) >= 11 is 0. The van der Waals surface area contributed by atoms with Crippen LogP contribution in [0.3, 0.4) is 0 Å². The van der Waals surface area contributed by atoms with Crippen molar-refractivity contribution >= 4 is 60.8 Å². The van der Waals surface area contributed by atoms with Crippen LogP contribution >= 0.6 is 0 Å². The van der Waals surface area contributed by atoms with E-state index in [-0.39, 0.29) is 48.9 Å². The van der Waals surface area contributed by atoms with Gasteiger partial charge in [0, 0.05) is 0 Å². The van der Waals surface area contributed by atoms with E-state index in [0.29, 0.717) is 0 Å². The van der Waals surface area contributed by atoms with Crippen LogP contribution in [0.2, 0.25) is 0 Å². The number of hydrogen-bond acceptors (Lipinski definition) is 2. The Morgan fingerprint density at radius 1 is 1.00 bits per heavy atom. The molecule has 0 saturated heterocycles. The third kappa shape index (κ3) is 81.5. The van der Waals surface area contributed by atoms with E-state index in [1.807, 2.05) is 13.8 Å². The molecule has 14 heavy (non-hydrogen) atoms. The number of hydrogen-bond donors (Lipinski definition) is 2. The van der Waals surface area contributed by atoms with Gasteiger partial charge in [-0.25, -0.2) is 0 Å². The van der Waals surface area contributed by atoms with E-state index in [2.05, 4.69) is 13.8 Å². The van der Waals surface area contributed by atoms with Gasteiger partial charge in [0.2, 0.25) is 0 Å². The van der Waals surface area contributed by atoms with Gasteiger partial charge in [0.25, 0.3) is 0 Å². The van der Waals surface area contributed by atoms with Gasteiger partial charge in [0.05, 0.1) is 0 Å². The van der Waals surface area contributed by atoms with E-state index >= 15 is 0 Å². The number of rotatable bonds is 2. The first-order valence-electron chi connectivity index (χ1n) is 3.98. The average molecular weight is 328 g/mol. The van der Waals surface area contributed by atoms with Crippen LogP contribution in [0.25, 0.3) is 0 Å². The summed E-state index contributed by atoms with van der Waals surface area (Å²) in [6.07, 6.45) is 1.19. The van der Waals surface area contributed by atoms with Crippen LogP contribution in [0.4, 0.5) is 0 Å². The van der Waals surface area contributed by atoms with Crippen LogP contribution in [0.15, 0.2) is 0 Å². The Bertz CT molecular complexity index is 112. The Labute approximate surface area is 126 Å². The first-order chi connectivity index (χ1) is 5.95. The molecule has 0 heterocycles. The first-order valence-corrected chi connectivity index (χ1v) is 3.98. The topological polar surface area (TPSA) is 74.6 Å². The van der Waals surface area contributed by atoms with Crippen molar-refractivity contribution < 1.29 is 19.8 Å². The molecule has 4 nitrogen and oxygen atoms in total. The average Bonchev–Trinajstić information content (AvgIpc) is 1.86. The van der Waals surface area contributed by atoms with Crippen molar-refractivity contribution in [2.75, 3.05) is 0 Å². The molecule has 0 atom stereocenters. The van der Waals surface area contributed by atoms with E-state index in [1.165, 1.54) is 0 Å². The van der Waals surface area contributed by atoms with Crippen LogP contribution in [-0.4, -0.2) is 71.0 Å². The fourth-order valence-electron chi connectivity index (χ4n) is 0.129. The molecule has 0 aromatic heterocycles. The molecular weight excluding hydrogens is 309 g/mol. The number of carbonyl (C=O) groups is 2. The Morgan fingerprint density at radius 3 is 1.14 bits per heavy atom. The minimum Gasteiger partial charge on any atom is -0.481 e. The molecule has 0 aliphatic heterocycles. The molecule has 0 aromatic carbocycles. The fourth-order valence-corrected chi connectivity index (χ4v) is 0.129. The summed E-state index contributed by atoms with van der Waals surface area (Å²) in [5, 5.41) is 15.4. The van der Waals surface area contributed by atoms with Crippen molar-refractivity contribution in [3.8, 4) is 0 Å². The first kappa shape index (κ1) is 24.0. The predicted molar refractivity (Wildman–Crippen MR) is 56.9 cm³/mol. The minimum atomic E-state index is -1.31. The molecule has 0 amide bonds. The maximum absolute atomic E-state index is 9.43. The van der Waals surface area contributed by atoms with Crippen molar-refractivity contribution in [1.82, 2.24) is 0 Å². The van der Waals surface area contributed by atoms with Crippen molar-refractivity contribution in [3.63, 3.8) is 0 Å². The standard InChI is InChI=1S/C3H4O4.2C3H7.Ba/c4-2(5)1-3(6)7;2*1-3-2;/h1H2,(H,4,5)(H,6,7);2*1,3H2,2H3;/q;2*-1;+2. The van der Waals surface area contributed by atoms with E-state index in [4.69, 9.17) is 10.2 Å². The molecule has 0 rings (SSSR count). The second kappa shape index (κ2) is 23.4. The van der Waals surface area contributed by atoms with E-state index in [0.717, 1.165) is 12.8 Å². The molecule has 80 valence electrons. The van der Waals surface area contributed by atoms with Gasteiger partial charge in [-0.2, -0.15) is 12.8 Å². The summed E-state index contributed by atoms with van der Waals surface area (Å²) in [6.45, 7) is 11.0. The second-order valence-corrected chi connectivity index (χ2v) is 1.96. The summed E-state index contributed by atoms with van der Waals surface area (Å²) in [5.74, 6) is -2.62. The zero-order valence-corrected chi connectivity index (χ0v) is 13.4. The molecule has 0 saturated carbocycles. The van der Waals surface area contributed by atoms with Gasteiger partial charge in [-0.05, 0) is 0 Å². The molecule has 0 aliphatic carbocycles. The Balaban J connectivity index is -0.0000000610. The Hall–Kier alpha value is 0.511. The van der Waals surface area contributed by atoms with Crippen molar-refractivity contribution in [2.24, 2.45) is 0 Å². The molecule has 5 heteroatoms. The number of carboxylic acid groups (broad SMARTS) is 2. The third-order valence-electron chi connectivity index (χ3n) is 0.302. The SMILES string of the molecule is O=C(O)CC(=O)O.[Ba+2].[CH2-]CC.[CH2-]CC. The van der Waals surface area contributed by atoms with Crippen molar-refractivity contribution in [2.45, 2.75) is 33.1 Å². The largest absolute Gasteiger partial charge is 2.00 e. The summed E-state index contributed by atoms with van der Waals surface area (Å²) in [5.41, 5.74) is 0. The van der Waals surface area contributed by atoms with Crippen molar-refractivity contribution in [1.29, 1.82) is 0 Å². The Morgan fingerprint density at radius 2 is 1.14 bits per heavy atom. The normalized spacial score (nSPS) is 6.57. The molecule has 0 aromatic rings. The molecule has 0 fully saturated rings. The van der Waals surface area contributed by atoms with E-state index in [1.54, 1.807) is 0 Å². The molecule has 0 spiro atoms. The molecule has 0 aliphatic rings. The minimum absolute atomic E-state index is 0. The van der Waals surface area contributed by atoms with Crippen LogP contribution in [0.5, 0.6) is 0 Å². The smallest absolute Gasteiger partial charge is 0.481 e. The zero-order valence-electron chi connectivity index (χ0n) is 8.95. The fraction of sp³-hybridized carbons (Fsp3) is 0.556. The summed E-state index contributed by atoms with van der Waals surface area (Å²) in [6, 6.07) is 0. The maximum Gasteiger partial charge on any atom is 2.00 e. The number of aliphatic carboxylic acids is 2. The zero-order chi connectivity index (χ0) is 11.3. The third-order valence-corrected chi connectivity index (χ3v) is 0.302. The van der Waals surface area contributed by atoms with Gasteiger partial charge >= 0.3 is 60.8 Å². The van der Waals surface area contributed by atoms with Gasteiger partial charge in [-0.1, -0.05) is 13.8 Å². The van der Waals surface area contributed by atoms with Crippen LogP contribution in [0, 0.1) is 13.8 Å². The summed E-state index contributed by atoms with van der Waals surface area (Å²) < 4.78 is 0. The van der Waals surface area contributed by atoms with Crippen LogP contribution in [-0.2, 0) is 9.59 Å². The molecular formula is C9H18BaO4. The maximum atomic E-state index is 9.43. The summed E-state index contributed by atoms with van der Waals surface area (Å²) in [4.78, 5) is 18.9. The molecule has 0 unspecified atom stereocenters. The monoisotopic (exact) mass is 328 g/mol. The predicted octanol–water partition coefficient (Wildman–Crippen LogP) is 1.63. The molecule has 0 radical (unpaired) electrons. The number of carboxylic acids is 2. The summed E-state index contributed by atoms with van der Waals surface area (Å²) in [7, 11) is 0. The van der Waals surface area contributed by atoms with E-state index in [9.17, 15) is 9.59 Å². The van der Waals surface area contributed by atoms with Crippen molar-refractivity contribution in [3.05, 3.63) is 13.8 Å². The van der Waals surface area contributed by atoms with Gasteiger partial charge < -0.3 is 24.1 Å². The quantitative estimate of drug-likeness (QED) is 0.459. The van der Waals surface area contributed by atoms with Gasteiger partial charge in [0.15, 0.2) is 0 Å². The van der Waals surface area contributed by atoms with Gasteiger partial charge in [-0.3, -0.25) is 9.59 Å². The van der Waals surface area contributed by atoms with Crippen LogP contribution < -0.4 is 0 Å². The molecule has 2 N–H and O–H groups in total. The molecule has 0 bridgehead atoms. The second-order valence-electron chi connectivity index (χ2n) is 1.96.